The Kier molecular flexibility index (Phi) is 12.2. The first kappa shape index (κ1) is 32.6. The largest absolute Gasteiger partial charge is 0.480 e. The number of aliphatic carboxylic acids is 1. The number of nitrogens with zero attached hydrogens (tertiary/aromatic N) is 2. The van der Waals surface area contributed by atoms with E-state index in [1.54, 1.807) is 32.1 Å². The van der Waals surface area contributed by atoms with E-state index in [2.05, 4.69) is 6.58 Å². The number of alkyl halides is 3. The fourth-order valence-corrected chi connectivity index (χ4v) is 4.02. The molecule has 1 unspecified atom stereocenters. The van der Waals surface area contributed by atoms with E-state index >= 15 is 0 Å². The van der Waals surface area contributed by atoms with Crippen molar-refractivity contribution in [3.05, 3.63) is 119 Å². The monoisotopic (exact) mass is 566 g/mol. The number of amides is 1. The minimum absolute atomic E-state index is 0.0211. The van der Waals surface area contributed by atoms with Gasteiger partial charge in [0.05, 0.1) is 23.8 Å². The molecule has 0 fully saturated rings. The molecule has 9 heteroatoms. The number of hydrogen-bond donors (Lipinski definition) is 1. The van der Waals surface area contributed by atoms with Crippen LogP contribution in [-0.2, 0) is 9.53 Å². The van der Waals surface area contributed by atoms with Crippen molar-refractivity contribution in [1.82, 2.24) is 4.90 Å². The third-order valence-electron chi connectivity index (χ3n) is 6.18. The van der Waals surface area contributed by atoms with Gasteiger partial charge < -0.3 is 14.7 Å². The van der Waals surface area contributed by atoms with E-state index in [9.17, 15) is 33.1 Å². The zero-order valence-corrected chi connectivity index (χ0v) is 23.2. The number of benzene rings is 1. The molecule has 0 radical (unpaired) electrons. The van der Waals surface area contributed by atoms with E-state index in [1.807, 2.05) is 19.1 Å². The lowest BCUT2D eigenvalue weighted by atomic mass is 10.0. The van der Waals surface area contributed by atoms with Gasteiger partial charge in [0.1, 0.15) is 17.6 Å². The highest BCUT2D eigenvalue weighted by Crippen LogP contribution is 2.36. The predicted octanol–water partition coefficient (Wildman–Crippen LogP) is 7.57. The van der Waals surface area contributed by atoms with Gasteiger partial charge in [-0.05, 0) is 56.5 Å². The van der Waals surface area contributed by atoms with Crippen molar-refractivity contribution in [2.24, 2.45) is 0 Å². The zero-order valence-electron chi connectivity index (χ0n) is 23.2. The maximum Gasteiger partial charge on any atom is 0.416 e. The lowest BCUT2D eigenvalue weighted by Crippen LogP contribution is -2.46. The molecule has 216 valence electrons. The zero-order chi connectivity index (χ0) is 30.6. The number of carboxylic acids is 1. The fourth-order valence-electron chi connectivity index (χ4n) is 4.02. The molecule has 0 saturated carbocycles. The molecular weight excluding hydrogens is 533 g/mol. The summed E-state index contributed by atoms with van der Waals surface area (Å²) in [6.45, 7) is 8.55. The Morgan fingerprint density at radius 3 is 2.59 bits per heavy atom. The number of carbonyl (C=O) groups is 2. The fraction of sp³-hybridized carbons (Fsp3) is 0.281. The van der Waals surface area contributed by atoms with Crippen molar-refractivity contribution >= 4 is 11.9 Å². The van der Waals surface area contributed by atoms with Crippen molar-refractivity contribution in [2.75, 3.05) is 6.54 Å². The second-order valence-electron chi connectivity index (χ2n) is 9.00. The van der Waals surface area contributed by atoms with Crippen LogP contribution >= 0.6 is 0 Å². The molecule has 1 amide bonds. The van der Waals surface area contributed by atoms with Crippen LogP contribution in [0.3, 0.4) is 0 Å². The Balaban J connectivity index is 2.51. The number of rotatable bonds is 12. The lowest BCUT2D eigenvalue weighted by molar-refractivity contribution is -0.142. The molecule has 0 spiro atoms. The predicted molar refractivity (Wildman–Crippen MR) is 151 cm³/mol. The molecule has 0 heterocycles. The number of ether oxygens (including phenoxy) is 1. The van der Waals surface area contributed by atoms with E-state index < -0.39 is 29.7 Å². The molecule has 0 bridgehead atoms. The summed E-state index contributed by atoms with van der Waals surface area (Å²) in [5.74, 6) is -2.26. The summed E-state index contributed by atoms with van der Waals surface area (Å²) in [5.41, 5.74) is -0.229. The maximum atomic E-state index is 13.8. The first-order chi connectivity index (χ1) is 19.5. The summed E-state index contributed by atoms with van der Waals surface area (Å²) in [5, 5.41) is 19.5. The van der Waals surface area contributed by atoms with Gasteiger partial charge in [0.25, 0.3) is 5.91 Å². The van der Waals surface area contributed by atoms with E-state index in [-0.39, 0.29) is 47.6 Å². The summed E-state index contributed by atoms with van der Waals surface area (Å²) < 4.78 is 47.0. The average Bonchev–Trinajstić information content (AvgIpc) is 3.22. The van der Waals surface area contributed by atoms with Crippen molar-refractivity contribution in [3.63, 3.8) is 0 Å². The third-order valence-corrected chi connectivity index (χ3v) is 6.18. The quantitative estimate of drug-likeness (QED) is 0.208. The molecule has 1 aliphatic rings. The standard InChI is InChI=1S/C32H33F3N2O4/c1-5-8-13-23(6-2)19-29(31(39)40)37(30(38)25-15-12-14-24(18-25)20-36)21-26(7-3)41-22(4)27-16-10-9-11-17-28(27)32(33,34)35/h6-10,12-18,29H,4-5,11,19,21H2,1-3H3,(H,39,40)/b13-8-,23-6-,26-7-. The summed E-state index contributed by atoms with van der Waals surface area (Å²) in [7, 11) is 0. The second kappa shape index (κ2) is 15.3. The summed E-state index contributed by atoms with van der Waals surface area (Å²) in [4.78, 5) is 27.4. The molecule has 41 heavy (non-hydrogen) atoms. The van der Waals surface area contributed by atoms with Gasteiger partial charge in [-0.1, -0.05) is 62.1 Å². The van der Waals surface area contributed by atoms with Crippen LogP contribution in [0.5, 0.6) is 0 Å². The topological polar surface area (TPSA) is 90.6 Å². The van der Waals surface area contributed by atoms with Crippen molar-refractivity contribution < 1.29 is 32.6 Å². The van der Waals surface area contributed by atoms with E-state index in [0.29, 0.717) is 5.57 Å². The molecular formula is C32H33F3N2O4. The second-order valence-corrected chi connectivity index (χ2v) is 9.00. The van der Waals surface area contributed by atoms with Crippen LogP contribution in [0, 0.1) is 11.3 Å². The number of nitriles is 1. The van der Waals surface area contributed by atoms with Gasteiger partial charge in [0, 0.05) is 17.6 Å². The van der Waals surface area contributed by atoms with Gasteiger partial charge in [0.2, 0.25) is 0 Å². The van der Waals surface area contributed by atoms with E-state index in [0.717, 1.165) is 17.4 Å². The highest BCUT2D eigenvalue weighted by Gasteiger charge is 2.38. The van der Waals surface area contributed by atoms with Crippen LogP contribution in [0.15, 0.2) is 108 Å². The number of carboxylic acid groups (broad SMARTS) is 1. The minimum Gasteiger partial charge on any atom is -0.480 e. The van der Waals surface area contributed by atoms with Crippen molar-refractivity contribution in [1.29, 1.82) is 5.26 Å². The number of allylic oxidation sites excluding steroid dienone is 9. The SMILES string of the molecule is C=C(O/C(=C\C)CN(C(=O)c1cccc(C#N)c1)C(CC(/C=C\CC)=C\C)C(=O)O)C1=CC=CCC=C1C(F)(F)F. The van der Waals surface area contributed by atoms with Gasteiger partial charge in [-0.3, -0.25) is 4.79 Å². The van der Waals surface area contributed by atoms with Crippen LogP contribution in [0.1, 0.15) is 56.0 Å². The van der Waals surface area contributed by atoms with E-state index in [1.165, 1.54) is 42.5 Å². The third kappa shape index (κ3) is 9.24. The van der Waals surface area contributed by atoms with Crippen LogP contribution in [0.4, 0.5) is 13.2 Å². The number of halogens is 3. The highest BCUT2D eigenvalue weighted by atomic mass is 19.4. The highest BCUT2D eigenvalue weighted by molar-refractivity contribution is 5.97. The molecule has 0 aliphatic heterocycles. The van der Waals surface area contributed by atoms with Gasteiger partial charge >= 0.3 is 12.1 Å². The van der Waals surface area contributed by atoms with Crippen LogP contribution in [0.25, 0.3) is 0 Å². The number of hydrogen-bond acceptors (Lipinski definition) is 4. The molecule has 1 aliphatic carbocycles. The summed E-state index contributed by atoms with van der Waals surface area (Å²) >= 11 is 0. The van der Waals surface area contributed by atoms with E-state index in [4.69, 9.17) is 4.74 Å². The molecule has 1 aromatic carbocycles. The molecule has 2 rings (SSSR count). The lowest BCUT2D eigenvalue weighted by Gasteiger charge is -2.31. The Hall–Kier alpha value is -4.58. The van der Waals surface area contributed by atoms with Gasteiger partial charge in [-0.25, -0.2) is 4.79 Å². The molecule has 0 aromatic heterocycles. The summed E-state index contributed by atoms with van der Waals surface area (Å²) in [6, 6.07) is 6.41. The van der Waals surface area contributed by atoms with Crippen LogP contribution in [-0.4, -0.2) is 40.6 Å². The normalized spacial score (nSPS) is 15.0. The molecule has 6 nitrogen and oxygen atoms in total. The molecule has 1 N–H and O–H groups in total. The Morgan fingerprint density at radius 2 is 2.00 bits per heavy atom. The van der Waals surface area contributed by atoms with Gasteiger partial charge in [-0.15, -0.1) is 0 Å². The van der Waals surface area contributed by atoms with Gasteiger partial charge in [-0.2, -0.15) is 18.4 Å². The first-order valence-electron chi connectivity index (χ1n) is 13.0. The number of carbonyl (C=O) groups excluding carboxylic acids is 1. The Bertz CT molecular complexity index is 1370. The molecule has 1 aromatic rings. The van der Waals surface area contributed by atoms with Crippen LogP contribution in [0.2, 0.25) is 0 Å². The average molecular weight is 567 g/mol. The summed E-state index contributed by atoms with van der Waals surface area (Å²) in [6.07, 6.45) is 8.22. The smallest absolute Gasteiger partial charge is 0.416 e. The Labute approximate surface area is 238 Å². The van der Waals surface area contributed by atoms with Crippen molar-refractivity contribution in [2.45, 2.75) is 52.3 Å². The van der Waals surface area contributed by atoms with Crippen LogP contribution < -0.4 is 0 Å². The minimum atomic E-state index is -4.66. The molecule has 1 atom stereocenters. The Morgan fingerprint density at radius 1 is 1.27 bits per heavy atom. The maximum absolute atomic E-state index is 13.8. The van der Waals surface area contributed by atoms with Gasteiger partial charge in [0.15, 0.2) is 0 Å². The first-order valence-corrected chi connectivity index (χ1v) is 13.0. The molecule has 0 saturated heterocycles. The van der Waals surface area contributed by atoms with Crippen molar-refractivity contribution in [3.8, 4) is 6.07 Å².